The summed E-state index contributed by atoms with van der Waals surface area (Å²) in [6.07, 6.45) is 0. The Labute approximate surface area is 92.7 Å². The highest BCUT2D eigenvalue weighted by atomic mass is 32.2. The molecule has 0 radical (unpaired) electrons. The summed E-state index contributed by atoms with van der Waals surface area (Å²) in [7, 11) is -4.36. The molecule has 0 fully saturated rings. The van der Waals surface area contributed by atoms with E-state index in [1.165, 1.54) is 38.1 Å². The first-order valence-electron chi connectivity index (χ1n) is 4.65. The van der Waals surface area contributed by atoms with Gasteiger partial charge >= 0.3 is 5.51 Å². The van der Waals surface area contributed by atoms with Crippen LogP contribution in [0.1, 0.15) is 13.8 Å². The lowest BCUT2D eigenvalue weighted by Crippen LogP contribution is -2.24. The number of benzene rings is 1. The summed E-state index contributed by atoms with van der Waals surface area (Å²) in [5.74, 6) is 0. The maximum absolute atomic E-state index is 12.8. The Morgan fingerprint density at radius 2 is 1.69 bits per heavy atom. The van der Waals surface area contributed by atoms with Crippen molar-refractivity contribution in [3.8, 4) is 0 Å². The van der Waals surface area contributed by atoms with Gasteiger partial charge in [-0.25, -0.2) is 8.57 Å². The number of hydrogen-bond donors (Lipinski definition) is 0. The minimum absolute atomic E-state index is 0.295. The van der Waals surface area contributed by atoms with Crippen molar-refractivity contribution in [2.24, 2.45) is 4.36 Å². The van der Waals surface area contributed by atoms with Crippen LogP contribution in [0.3, 0.4) is 0 Å². The zero-order valence-corrected chi connectivity index (χ0v) is 9.68. The third-order valence-electron chi connectivity index (χ3n) is 1.74. The molecule has 1 unspecified atom stereocenters. The Bertz CT molecular complexity index is 459. The highest BCUT2D eigenvalue weighted by molar-refractivity contribution is 7.94. The second-order valence-electron chi connectivity index (χ2n) is 3.48. The number of nitrogens with zero attached hydrogens (tertiary/aromatic N) is 1. The van der Waals surface area contributed by atoms with E-state index in [1.54, 1.807) is 6.07 Å². The first-order valence-corrected chi connectivity index (χ1v) is 6.16. The van der Waals surface area contributed by atoms with Gasteiger partial charge < -0.3 is 0 Å². The molecule has 0 N–H and O–H groups in total. The Balaban J connectivity index is 3.46. The molecule has 1 atom stereocenters. The van der Waals surface area contributed by atoms with Gasteiger partial charge in [0.2, 0.25) is 0 Å². The van der Waals surface area contributed by atoms with E-state index in [0.717, 1.165) is 0 Å². The predicted octanol–water partition coefficient (Wildman–Crippen LogP) is 3.44. The second kappa shape index (κ2) is 4.45. The summed E-state index contributed by atoms with van der Waals surface area (Å²) in [5.41, 5.74) is -4.85. The maximum atomic E-state index is 12.8. The second-order valence-corrected chi connectivity index (χ2v) is 5.68. The van der Waals surface area contributed by atoms with Gasteiger partial charge in [-0.05, 0) is 26.0 Å². The van der Waals surface area contributed by atoms with Crippen molar-refractivity contribution in [1.29, 1.82) is 0 Å². The van der Waals surface area contributed by atoms with Crippen LogP contribution in [0, 0.1) is 0 Å². The topological polar surface area (TPSA) is 29.4 Å². The lowest BCUT2D eigenvalue weighted by Gasteiger charge is -2.14. The molecule has 0 aromatic heterocycles. The Hall–Kier alpha value is -1.04. The average molecular weight is 251 g/mol. The minimum atomic E-state index is -4.85. The van der Waals surface area contributed by atoms with Gasteiger partial charge in [0.05, 0.1) is 10.9 Å². The van der Waals surface area contributed by atoms with Crippen LogP contribution >= 0.6 is 0 Å². The molecule has 1 aromatic rings. The molecule has 2 nitrogen and oxygen atoms in total. The van der Waals surface area contributed by atoms with E-state index < -0.39 is 21.3 Å². The SMILES string of the molecule is CC(C)N=S(=O)(c1ccccc1)C(F)(F)F. The summed E-state index contributed by atoms with van der Waals surface area (Å²) in [4.78, 5) is -0.295. The Morgan fingerprint density at radius 3 is 2.06 bits per heavy atom. The van der Waals surface area contributed by atoms with Crippen molar-refractivity contribution in [1.82, 2.24) is 0 Å². The van der Waals surface area contributed by atoms with Crippen LogP contribution in [-0.4, -0.2) is 15.8 Å². The van der Waals surface area contributed by atoms with Gasteiger partial charge in [-0.1, -0.05) is 18.2 Å². The molecule has 0 aliphatic carbocycles. The maximum Gasteiger partial charge on any atom is 0.483 e. The molecule has 0 heterocycles. The summed E-state index contributed by atoms with van der Waals surface area (Å²) < 4.78 is 53.6. The highest BCUT2D eigenvalue weighted by Gasteiger charge is 2.44. The monoisotopic (exact) mass is 251 g/mol. The third-order valence-corrected chi connectivity index (χ3v) is 3.99. The molecule has 0 spiro atoms. The van der Waals surface area contributed by atoms with Gasteiger partial charge in [-0.15, -0.1) is 0 Å². The quantitative estimate of drug-likeness (QED) is 0.791. The molecule has 1 aromatic carbocycles. The van der Waals surface area contributed by atoms with E-state index in [1.807, 2.05) is 0 Å². The van der Waals surface area contributed by atoms with E-state index in [2.05, 4.69) is 4.36 Å². The zero-order valence-electron chi connectivity index (χ0n) is 8.86. The van der Waals surface area contributed by atoms with Crippen molar-refractivity contribution < 1.29 is 17.4 Å². The van der Waals surface area contributed by atoms with Crippen LogP contribution < -0.4 is 0 Å². The molecule has 0 aliphatic heterocycles. The molecule has 6 heteroatoms. The zero-order chi connectivity index (χ0) is 12.4. The molecule has 1 rings (SSSR count). The van der Waals surface area contributed by atoms with Crippen LogP contribution in [0.5, 0.6) is 0 Å². The van der Waals surface area contributed by atoms with Crippen LogP contribution in [-0.2, 0) is 9.73 Å². The molecule has 0 saturated carbocycles. The largest absolute Gasteiger partial charge is 0.483 e. The molecule has 90 valence electrons. The Morgan fingerprint density at radius 1 is 1.19 bits per heavy atom. The van der Waals surface area contributed by atoms with Crippen molar-refractivity contribution in [3.05, 3.63) is 30.3 Å². The fourth-order valence-electron chi connectivity index (χ4n) is 1.16. The Kier molecular flexibility index (Phi) is 3.62. The molecule has 0 bridgehead atoms. The van der Waals surface area contributed by atoms with E-state index in [9.17, 15) is 17.4 Å². The average Bonchev–Trinajstić information content (AvgIpc) is 2.16. The first-order chi connectivity index (χ1) is 7.27. The van der Waals surface area contributed by atoms with Crippen molar-refractivity contribution in [3.63, 3.8) is 0 Å². The lowest BCUT2D eigenvalue weighted by atomic mass is 10.4. The van der Waals surface area contributed by atoms with Gasteiger partial charge in [0.1, 0.15) is 0 Å². The fraction of sp³-hybridized carbons (Fsp3) is 0.400. The lowest BCUT2D eigenvalue weighted by molar-refractivity contribution is -0.0404. The highest BCUT2D eigenvalue weighted by Crippen LogP contribution is 2.33. The molecule has 0 saturated heterocycles. The van der Waals surface area contributed by atoms with Gasteiger partial charge in [0, 0.05) is 0 Å². The van der Waals surface area contributed by atoms with E-state index in [0.29, 0.717) is 0 Å². The predicted molar refractivity (Wildman–Crippen MR) is 56.5 cm³/mol. The smallest absolute Gasteiger partial charge is 0.236 e. The van der Waals surface area contributed by atoms with E-state index in [4.69, 9.17) is 0 Å². The summed E-state index contributed by atoms with van der Waals surface area (Å²) in [6, 6.07) is 6.11. The van der Waals surface area contributed by atoms with Gasteiger partial charge in [-0.2, -0.15) is 13.2 Å². The van der Waals surface area contributed by atoms with E-state index >= 15 is 0 Å². The van der Waals surface area contributed by atoms with Crippen LogP contribution in [0.4, 0.5) is 13.2 Å². The summed E-state index contributed by atoms with van der Waals surface area (Å²) in [6.45, 7) is 2.93. The number of rotatable bonds is 2. The molecular weight excluding hydrogens is 239 g/mol. The summed E-state index contributed by atoms with van der Waals surface area (Å²) >= 11 is 0. The van der Waals surface area contributed by atoms with Crippen molar-refractivity contribution >= 4 is 9.73 Å². The molecule has 16 heavy (non-hydrogen) atoms. The fourth-order valence-corrected chi connectivity index (χ4v) is 2.78. The number of alkyl halides is 3. The van der Waals surface area contributed by atoms with Crippen molar-refractivity contribution in [2.75, 3.05) is 0 Å². The van der Waals surface area contributed by atoms with Crippen molar-refractivity contribution in [2.45, 2.75) is 30.3 Å². The van der Waals surface area contributed by atoms with Gasteiger partial charge in [-0.3, -0.25) is 0 Å². The van der Waals surface area contributed by atoms with E-state index in [-0.39, 0.29) is 4.90 Å². The van der Waals surface area contributed by atoms with Crippen LogP contribution in [0.15, 0.2) is 39.6 Å². The first kappa shape index (κ1) is 13.0. The van der Waals surface area contributed by atoms with Gasteiger partial charge in [0.25, 0.3) is 0 Å². The number of hydrogen-bond acceptors (Lipinski definition) is 2. The molecular formula is C10H12F3NOS. The molecule has 0 aliphatic rings. The van der Waals surface area contributed by atoms with Crippen LogP contribution in [0.25, 0.3) is 0 Å². The van der Waals surface area contributed by atoms with Gasteiger partial charge in [0.15, 0.2) is 9.73 Å². The standard InChI is InChI=1S/C10H12F3NOS/c1-8(2)14-16(15,10(11,12)13)9-6-4-3-5-7-9/h3-8H,1-2H3. The summed E-state index contributed by atoms with van der Waals surface area (Å²) in [5, 5.41) is 0. The third kappa shape index (κ3) is 2.55. The number of halogens is 3. The normalized spacial score (nSPS) is 15.9. The minimum Gasteiger partial charge on any atom is -0.236 e. The molecule has 0 amide bonds. The van der Waals surface area contributed by atoms with Crippen LogP contribution in [0.2, 0.25) is 0 Å².